The van der Waals surface area contributed by atoms with E-state index in [1.807, 2.05) is 4.90 Å². The van der Waals surface area contributed by atoms with Gasteiger partial charge in [0.25, 0.3) is 0 Å². The van der Waals surface area contributed by atoms with E-state index in [2.05, 4.69) is 32.9 Å². The van der Waals surface area contributed by atoms with Gasteiger partial charge in [0.2, 0.25) is 12.7 Å². The Balaban J connectivity index is 1.88. The normalized spacial score (nSPS) is 19.8. The fraction of sp³-hybridized carbons (Fsp3) is 0.588. The Kier molecular flexibility index (Phi) is 3.79. The first-order valence-corrected chi connectivity index (χ1v) is 7.88. The monoisotopic (exact) mass is 289 g/mol. The molecule has 2 heterocycles. The van der Waals surface area contributed by atoms with Crippen molar-refractivity contribution in [1.29, 1.82) is 0 Å². The van der Waals surface area contributed by atoms with E-state index in [9.17, 15) is 4.79 Å². The summed E-state index contributed by atoms with van der Waals surface area (Å²) in [7, 11) is 0. The molecule has 0 aromatic heterocycles. The molecule has 1 amide bonds. The van der Waals surface area contributed by atoms with Crippen molar-refractivity contribution in [3.63, 3.8) is 0 Å². The maximum Gasteiger partial charge on any atom is 0.231 e. The molecule has 1 atom stereocenters. The van der Waals surface area contributed by atoms with Gasteiger partial charge >= 0.3 is 0 Å². The third-order valence-electron chi connectivity index (χ3n) is 4.79. The van der Waals surface area contributed by atoms with Gasteiger partial charge in [0.05, 0.1) is 6.04 Å². The number of amides is 1. The van der Waals surface area contributed by atoms with E-state index in [1.165, 1.54) is 11.1 Å². The quantitative estimate of drug-likeness (QED) is 0.857. The Morgan fingerprint density at radius 1 is 1.29 bits per heavy atom. The minimum absolute atomic E-state index is 0.108. The van der Waals surface area contributed by atoms with Crippen LogP contribution in [0.4, 0.5) is 0 Å². The second kappa shape index (κ2) is 5.58. The van der Waals surface area contributed by atoms with E-state index in [4.69, 9.17) is 9.47 Å². The second-order valence-corrected chi connectivity index (χ2v) is 5.88. The molecule has 4 nitrogen and oxygen atoms in total. The number of ether oxygens (including phenoxy) is 2. The summed E-state index contributed by atoms with van der Waals surface area (Å²) in [6.07, 6.45) is 2.71. The number of carbonyl (C=O) groups excluding carboxylic acids is 1. The molecule has 2 aliphatic rings. The SMILES string of the molecule is CCC(CC)C(=O)N1CCc2cc3c(cc2C1C)OCO3. The molecule has 0 radical (unpaired) electrons. The Morgan fingerprint density at radius 2 is 1.95 bits per heavy atom. The highest BCUT2D eigenvalue weighted by atomic mass is 16.7. The van der Waals surface area contributed by atoms with Gasteiger partial charge in [-0.15, -0.1) is 0 Å². The molecule has 1 unspecified atom stereocenters. The summed E-state index contributed by atoms with van der Waals surface area (Å²) in [6.45, 7) is 7.38. The molecule has 0 fully saturated rings. The van der Waals surface area contributed by atoms with Crippen molar-refractivity contribution in [3.8, 4) is 11.5 Å². The van der Waals surface area contributed by atoms with Crippen molar-refractivity contribution in [3.05, 3.63) is 23.3 Å². The van der Waals surface area contributed by atoms with Crippen LogP contribution in [-0.4, -0.2) is 24.1 Å². The molecule has 4 heteroatoms. The number of fused-ring (bicyclic) bond motifs is 2. The molecular formula is C17H23NO3. The molecule has 1 aromatic rings. The Labute approximate surface area is 126 Å². The molecule has 0 spiro atoms. The molecule has 0 bridgehead atoms. The van der Waals surface area contributed by atoms with Gasteiger partial charge < -0.3 is 14.4 Å². The number of hydrogen-bond acceptors (Lipinski definition) is 3. The average Bonchev–Trinajstić information content (AvgIpc) is 2.94. The summed E-state index contributed by atoms with van der Waals surface area (Å²) in [5.74, 6) is 2.07. The minimum Gasteiger partial charge on any atom is -0.454 e. The average molecular weight is 289 g/mol. The topological polar surface area (TPSA) is 38.8 Å². The van der Waals surface area contributed by atoms with Crippen LogP contribution in [0.15, 0.2) is 12.1 Å². The lowest BCUT2D eigenvalue weighted by atomic mass is 9.91. The van der Waals surface area contributed by atoms with E-state index in [0.717, 1.165) is 37.3 Å². The van der Waals surface area contributed by atoms with Gasteiger partial charge in [-0.3, -0.25) is 4.79 Å². The smallest absolute Gasteiger partial charge is 0.231 e. The Hall–Kier alpha value is -1.71. The summed E-state index contributed by atoms with van der Waals surface area (Å²) in [6, 6.07) is 4.23. The summed E-state index contributed by atoms with van der Waals surface area (Å²) < 4.78 is 10.9. The third-order valence-corrected chi connectivity index (χ3v) is 4.79. The first-order valence-electron chi connectivity index (χ1n) is 7.88. The molecule has 0 saturated heterocycles. The molecule has 1 aromatic carbocycles. The molecule has 114 valence electrons. The summed E-state index contributed by atoms with van der Waals surface area (Å²) in [4.78, 5) is 14.7. The van der Waals surface area contributed by atoms with Crippen LogP contribution in [-0.2, 0) is 11.2 Å². The zero-order chi connectivity index (χ0) is 15.0. The van der Waals surface area contributed by atoms with Crippen LogP contribution in [0.5, 0.6) is 11.5 Å². The third kappa shape index (κ3) is 2.37. The van der Waals surface area contributed by atoms with Crippen molar-refractivity contribution >= 4 is 5.91 Å². The van der Waals surface area contributed by atoms with E-state index in [1.54, 1.807) is 0 Å². The van der Waals surface area contributed by atoms with E-state index >= 15 is 0 Å². The van der Waals surface area contributed by atoms with E-state index in [0.29, 0.717) is 6.79 Å². The van der Waals surface area contributed by atoms with Crippen molar-refractivity contribution in [2.75, 3.05) is 13.3 Å². The van der Waals surface area contributed by atoms with Crippen LogP contribution in [0.2, 0.25) is 0 Å². The second-order valence-electron chi connectivity index (χ2n) is 5.88. The van der Waals surface area contributed by atoms with Gasteiger partial charge in [0.15, 0.2) is 11.5 Å². The van der Waals surface area contributed by atoms with E-state index in [-0.39, 0.29) is 17.9 Å². The van der Waals surface area contributed by atoms with Crippen molar-refractivity contribution in [2.24, 2.45) is 5.92 Å². The predicted octanol–water partition coefficient (Wildman–Crippen LogP) is 3.30. The lowest BCUT2D eigenvalue weighted by Crippen LogP contribution is -2.42. The van der Waals surface area contributed by atoms with Crippen LogP contribution in [0.25, 0.3) is 0 Å². The number of carbonyl (C=O) groups is 1. The molecule has 21 heavy (non-hydrogen) atoms. The van der Waals surface area contributed by atoms with Crippen LogP contribution >= 0.6 is 0 Å². The maximum absolute atomic E-state index is 12.7. The first kappa shape index (κ1) is 14.2. The van der Waals surface area contributed by atoms with Crippen LogP contribution in [0, 0.1) is 5.92 Å². The molecule has 2 aliphatic heterocycles. The Morgan fingerprint density at radius 3 is 2.62 bits per heavy atom. The number of rotatable bonds is 3. The zero-order valence-electron chi connectivity index (χ0n) is 13.0. The lowest BCUT2D eigenvalue weighted by Gasteiger charge is -2.37. The minimum atomic E-state index is 0.108. The van der Waals surface area contributed by atoms with Crippen LogP contribution in [0.1, 0.15) is 50.8 Å². The highest BCUT2D eigenvalue weighted by Gasteiger charge is 2.32. The fourth-order valence-electron chi connectivity index (χ4n) is 3.38. The summed E-state index contributed by atoms with van der Waals surface area (Å²) >= 11 is 0. The van der Waals surface area contributed by atoms with Gasteiger partial charge in [-0.1, -0.05) is 13.8 Å². The largest absolute Gasteiger partial charge is 0.454 e. The summed E-state index contributed by atoms with van der Waals surface area (Å²) in [5, 5.41) is 0. The van der Waals surface area contributed by atoms with Gasteiger partial charge in [-0.05, 0) is 49.4 Å². The molecule has 0 N–H and O–H groups in total. The lowest BCUT2D eigenvalue weighted by molar-refractivity contribution is -0.138. The molecule has 0 aliphatic carbocycles. The highest BCUT2D eigenvalue weighted by molar-refractivity contribution is 5.79. The first-order chi connectivity index (χ1) is 10.2. The van der Waals surface area contributed by atoms with Gasteiger partial charge in [-0.25, -0.2) is 0 Å². The Bertz CT molecular complexity index is 551. The van der Waals surface area contributed by atoms with Crippen molar-refractivity contribution in [1.82, 2.24) is 4.90 Å². The number of benzene rings is 1. The van der Waals surface area contributed by atoms with Crippen LogP contribution in [0.3, 0.4) is 0 Å². The van der Waals surface area contributed by atoms with Crippen molar-refractivity contribution in [2.45, 2.75) is 46.1 Å². The molecule has 0 saturated carbocycles. The predicted molar refractivity (Wildman–Crippen MR) is 80.5 cm³/mol. The van der Waals surface area contributed by atoms with E-state index < -0.39 is 0 Å². The standard InChI is InChI=1S/C17H23NO3/c1-4-12(5-2)17(19)18-7-6-13-8-15-16(21-10-20-15)9-14(13)11(18)3/h8-9,11-12H,4-7,10H2,1-3H3. The fourth-order valence-corrected chi connectivity index (χ4v) is 3.38. The molecule has 3 rings (SSSR count). The van der Waals surface area contributed by atoms with Crippen molar-refractivity contribution < 1.29 is 14.3 Å². The number of hydrogen-bond donors (Lipinski definition) is 0. The van der Waals surface area contributed by atoms with Crippen LogP contribution < -0.4 is 9.47 Å². The van der Waals surface area contributed by atoms with Gasteiger partial charge in [0.1, 0.15) is 0 Å². The molecular weight excluding hydrogens is 266 g/mol. The van der Waals surface area contributed by atoms with Gasteiger partial charge in [-0.2, -0.15) is 0 Å². The van der Waals surface area contributed by atoms with Gasteiger partial charge in [0, 0.05) is 12.5 Å². The number of nitrogens with zero attached hydrogens (tertiary/aromatic N) is 1. The highest BCUT2D eigenvalue weighted by Crippen LogP contribution is 2.40. The maximum atomic E-state index is 12.7. The summed E-state index contributed by atoms with van der Waals surface area (Å²) in [5.41, 5.74) is 2.48. The zero-order valence-corrected chi connectivity index (χ0v) is 13.0.